The molecule has 0 spiro atoms. The van der Waals surface area contributed by atoms with Gasteiger partial charge in [0.25, 0.3) is 5.91 Å². The van der Waals surface area contributed by atoms with Gasteiger partial charge in [-0.1, -0.05) is 55.8 Å². The average molecular weight is 537 g/mol. The number of carbonyl (C=O) groups is 3. The topological polar surface area (TPSA) is 102 Å². The molecule has 0 saturated heterocycles. The fourth-order valence-electron chi connectivity index (χ4n) is 4.12. The molecule has 1 aromatic heterocycles. The van der Waals surface area contributed by atoms with Crippen LogP contribution in [0.1, 0.15) is 57.4 Å². The van der Waals surface area contributed by atoms with E-state index in [1.807, 2.05) is 24.6 Å². The molecule has 4 aromatic rings. The minimum atomic E-state index is -0.486. The summed E-state index contributed by atoms with van der Waals surface area (Å²) in [5.74, 6) is -0.838. The maximum absolute atomic E-state index is 13.0. The number of hydrogen-bond donors (Lipinski definition) is 2. The van der Waals surface area contributed by atoms with Gasteiger partial charge in [0.1, 0.15) is 5.75 Å². The molecule has 1 heterocycles. The van der Waals surface area contributed by atoms with E-state index in [-0.39, 0.29) is 5.91 Å². The zero-order chi connectivity index (χ0) is 28.5. The van der Waals surface area contributed by atoms with Crippen molar-refractivity contribution in [3.63, 3.8) is 0 Å². The highest BCUT2D eigenvalue weighted by Crippen LogP contribution is 2.23. The van der Waals surface area contributed by atoms with Crippen molar-refractivity contribution in [2.75, 3.05) is 10.6 Å². The van der Waals surface area contributed by atoms with E-state index >= 15 is 0 Å². The van der Waals surface area contributed by atoms with Crippen LogP contribution in [0.4, 0.5) is 11.4 Å². The minimum absolute atomic E-state index is 0.290. The van der Waals surface area contributed by atoms with Crippen molar-refractivity contribution in [1.82, 2.24) is 9.78 Å². The van der Waals surface area contributed by atoms with E-state index in [2.05, 4.69) is 22.7 Å². The predicted molar refractivity (Wildman–Crippen MR) is 157 cm³/mol. The summed E-state index contributed by atoms with van der Waals surface area (Å²) in [5, 5.41) is 10.3. The molecule has 0 aliphatic rings. The van der Waals surface area contributed by atoms with Crippen LogP contribution in [-0.2, 0) is 11.3 Å². The Morgan fingerprint density at radius 1 is 0.900 bits per heavy atom. The molecule has 0 unspecified atom stereocenters. The smallest absolute Gasteiger partial charge is 0.343 e. The molecule has 0 aliphatic heterocycles. The molecule has 40 heavy (non-hydrogen) atoms. The third-order valence-electron chi connectivity index (χ3n) is 6.28. The van der Waals surface area contributed by atoms with E-state index in [1.165, 1.54) is 6.08 Å². The Morgan fingerprint density at radius 3 is 2.40 bits per heavy atom. The Kier molecular flexibility index (Phi) is 9.25. The van der Waals surface area contributed by atoms with Crippen molar-refractivity contribution >= 4 is 35.2 Å². The lowest BCUT2D eigenvalue weighted by atomic mass is 10.1. The van der Waals surface area contributed by atoms with Crippen LogP contribution in [0.25, 0.3) is 6.08 Å². The zero-order valence-corrected chi connectivity index (χ0v) is 22.8. The van der Waals surface area contributed by atoms with Crippen molar-refractivity contribution in [3.05, 3.63) is 113 Å². The Hall–Kier alpha value is -4.98. The van der Waals surface area contributed by atoms with Gasteiger partial charge in [-0.15, -0.1) is 0 Å². The first-order valence-electron chi connectivity index (χ1n) is 13.2. The van der Waals surface area contributed by atoms with Crippen molar-refractivity contribution in [1.29, 1.82) is 0 Å². The molecule has 4 rings (SSSR count). The predicted octanol–water partition coefficient (Wildman–Crippen LogP) is 6.42. The number of aromatic nitrogens is 2. The summed E-state index contributed by atoms with van der Waals surface area (Å²) in [6.45, 7) is 6.73. The maximum atomic E-state index is 13.0. The fourth-order valence-corrected chi connectivity index (χ4v) is 4.12. The van der Waals surface area contributed by atoms with E-state index in [1.54, 1.807) is 78.9 Å². The van der Waals surface area contributed by atoms with E-state index in [4.69, 9.17) is 4.74 Å². The summed E-state index contributed by atoms with van der Waals surface area (Å²) in [6, 6.07) is 22.3. The number of rotatable bonds is 10. The van der Waals surface area contributed by atoms with Gasteiger partial charge in [0.05, 0.1) is 22.6 Å². The highest BCUT2D eigenvalue weighted by atomic mass is 16.5. The van der Waals surface area contributed by atoms with Gasteiger partial charge in [-0.3, -0.25) is 14.3 Å². The van der Waals surface area contributed by atoms with Crippen LogP contribution in [0.15, 0.2) is 84.9 Å². The molecular weight excluding hydrogens is 504 g/mol. The first-order chi connectivity index (χ1) is 19.4. The lowest BCUT2D eigenvalue weighted by Gasteiger charge is -2.09. The number of ether oxygens (including phenoxy) is 1. The molecular formula is C32H32N4O4. The Morgan fingerprint density at radius 2 is 1.62 bits per heavy atom. The normalized spacial score (nSPS) is 10.9. The third kappa shape index (κ3) is 7.11. The molecule has 2 amide bonds. The number of carbonyl (C=O) groups excluding carboxylic acids is 3. The number of benzene rings is 3. The monoisotopic (exact) mass is 536 g/mol. The van der Waals surface area contributed by atoms with Crippen molar-refractivity contribution < 1.29 is 19.1 Å². The number of para-hydroxylation sites is 1. The van der Waals surface area contributed by atoms with Crippen molar-refractivity contribution in [3.8, 4) is 5.75 Å². The van der Waals surface area contributed by atoms with Crippen LogP contribution >= 0.6 is 0 Å². The summed E-state index contributed by atoms with van der Waals surface area (Å²) in [6.07, 6.45) is 4.98. The van der Waals surface area contributed by atoms with E-state index in [9.17, 15) is 14.4 Å². The summed E-state index contributed by atoms with van der Waals surface area (Å²) in [7, 11) is 0. The largest absolute Gasteiger partial charge is 0.422 e. The standard InChI is InChI=1S/C32H32N4O4/c1-4-5-20-36-23(3)30(22(2)35-36)34-31(38)26-15-11-16-27(21-26)33-29(37)19-18-24-12-9-10-17-28(24)40-32(39)25-13-7-6-8-14-25/h6-19,21H,4-5,20H2,1-3H3,(H,33,37)(H,34,38)/b19-18+. The lowest BCUT2D eigenvalue weighted by molar-refractivity contribution is -0.111. The van der Waals surface area contributed by atoms with Crippen molar-refractivity contribution in [2.24, 2.45) is 0 Å². The van der Waals surface area contributed by atoms with Gasteiger partial charge in [-0.05, 0) is 62.7 Å². The molecule has 0 bridgehead atoms. The number of nitrogens with zero attached hydrogens (tertiary/aromatic N) is 2. The second-order valence-corrected chi connectivity index (χ2v) is 9.27. The zero-order valence-electron chi connectivity index (χ0n) is 22.8. The molecule has 0 aliphatic carbocycles. The third-order valence-corrected chi connectivity index (χ3v) is 6.28. The van der Waals surface area contributed by atoms with Crippen LogP contribution in [0.5, 0.6) is 5.75 Å². The maximum Gasteiger partial charge on any atom is 0.343 e. The number of esters is 1. The highest BCUT2D eigenvalue weighted by Gasteiger charge is 2.16. The average Bonchev–Trinajstić information content (AvgIpc) is 3.23. The number of amides is 2. The second kappa shape index (κ2) is 13.2. The minimum Gasteiger partial charge on any atom is -0.422 e. The first kappa shape index (κ1) is 28.0. The summed E-state index contributed by atoms with van der Waals surface area (Å²) < 4.78 is 7.45. The Balaban J connectivity index is 1.41. The highest BCUT2D eigenvalue weighted by molar-refractivity contribution is 6.07. The van der Waals surface area contributed by atoms with E-state index < -0.39 is 11.9 Å². The Bertz CT molecular complexity index is 1540. The van der Waals surface area contributed by atoms with Gasteiger partial charge in [0.2, 0.25) is 5.91 Å². The van der Waals surface area contributed by atoms with Gasteiger partial charge in [-0.2, -0.15) is 5.10 Å². The molecule has 0 saturated carbocycles. The van der Waals surface area contributed by atoms with E-state index in [0.29, 0.717) is 33.8 Å². The van der Waals surface area contributed by atoms with Gasteiger partial charge >= 0.3 is 5.97 Å². The second-order valence-electron chi connectivity index (χ2n) is 9.27. The van der Waals surface area contributed by atoms with Gasteiger partial charge in [0, 0.05) is 29.4 Å². The van der Waals surface area contributed by atoms with Crippen LogP contribution in [0.3, 0.4) is 0 Å². The van der Waals surface area contributed by atoms with Gasteiger partial charge in [-0.25, -0.2) is 4.79 Å². The summed E-state index contributed by atoms with van der Waals surface area (Å²) in [5.41, 5.74) is 4.23. The number of unbranched alkanes of at least 4 members (excludes halogenated alkanes) is 1. The molecule has 3 aromatic carbocycles. The Labute approximate surface area is 233 Å². The lowest BCUT2D eigenvalue weighted by Crippen LogP contribution is -2.14. The molecule has 8 heteroatoms. The molecule has 204 valence electrons. The molecule has 0 fully saturated rings. The van der Waals surface area contributed by atoms with Crippen LogP contribution in [-0.4, -0.2) is 27.6 Å². The van der Waals surface area contributed by atoms with Gasteiger partial charge < -0.3 is 15.4 Å². The molecule has 0 radical (unpaired) electrons. The van der Waals surface area contributed by atoms with Crippen LogP contribution in [0, 0.1) is 13.8 Å². The molecule has 0 atom stereocenters. The van der Waals surface area contributed by atoms with E-state index in [0.717, 1.165) is 30.8 Å². The first-order valence-corrected chi connectivity index (χ1v) is 13.2. The van der Waals surface area contributed by atoms with Crippen LogP contribution < -0.4 is 15.4 Å². The molecule has 2 N–H and O–H groups in total. The number of nitrogens with one attached hydrogen (secondary N) is 2. The molecule has 8 nitrogen and oxygen atoms in total. The number of anilines is 2. The summed E-state index contributed by atoms with van der Waals surface area (Å²) in [4.78, 5) is 38.1. The van der Waals surface area contributed by atoms with Gasteiger partial charge in [0.15, 0.2) is 0 Å². The van der Waals surface area contributed by atoms with Crippen LogP contribution in [0.2, 0.25) is 0 Å². The quantitative estimate of drug-likeness (QED) is 0.138. The SMILES string of the molecule is CCCCn1nc(C)c(NC(=O)c2cccc(NC(=O)/C=C/c3ccccc3OC(=O)c3ccccc3)c2)c1C. The number of aryl methyl sites for hydroxylation is 2. The number of hydrogen-bond acceptors (Lipinski definition) is 5. The fraction of sp³-hybridized carbons (Fsp3) is 0.188. The summed E-state index contributed by atoms with van der Waals surface area (Å²) >= 11 is 0. The van der Waals surface area contributed by atoms with Crippen molar-refractivity contribution in [2.45, 2.75) is 40.2 Å².